The zero-order valence-corrected chi connectivity index (χ0v) is 13.3. The molecule has 1 aromatic rings. The van der Waals surface area contributed by atoms with E-state index in [1.807, 2.05) is 0 Å². The van der Waals surface area contributed by atoms with E-state index in [2.05, 4.69) is 43.4 Å². The smallest absolute Gasteiger partial charge is 0.0322 e. The van der Waals surface area contributed by atoms with Crippen molar-refractivity contribution in [3.05, 3.63) is 35.4 Å². The van der Waals surface area contributed by atoms with Crippen LogP contribution in [0.2, 0.25) is 0 Å². The maximum absolute atomic E-state index is 3.78. The van der Waals surface area contributed by atoms with E-state index >= 15 is 0 Å². The zero-order chi connectivity index (χ0) is 14.2. The molecule has 0 saturated heterocycles. The maximum Gasteiger partial charge on any atom is 0.0322 e. The molecule has 2 rings (SSSR count). The van der Waals surface area contributed by atoms with Gasteiger partial charge in [-0.05, 0) is 42.9 Å². The van der Waals surface area contributed by atoms with Gasteiger partial charge < -0.3 is 5.32 Å². The molecular formula is C19H31N. The number of nitrogens with one attached hydrogen (secondary N) is 1. The first-order chi connectivity index (χ1) is 9.83. The third kappa shape index (κ3) is 4.63. The topological polar surface area (TPSA) is 12.0 Å². The number of benzene rings is 1. The molecule has 0 aliphatic heterocycles. The third-order valence-corrected chi connectivity index (χ3v) is 4.70. The van der Waals surface area contributed by atoms with Crippen LogP contribution in [0, 0.1) is 5.92 Å². The molecule has 1 heteroatoms. The average Bonchev–Trinajstić information content (AvgIpc) is 2.52. The Kier molecular flexibility index (Phi) is 6.59. The first-order valence-corrected chi connectivity index (χ1v) is 8.65. The van der Waals surface area contributed by atoms with Gasteiger partial charge in [0.2, 0.25) is 0 Å². The predicted octanol–water partition coefficient (Wildman–Crippen LogP) is 5.26. The molecule has 0 spiro atoms. The van der Waals surface area contributed by atoms with Crippen LogP contribution < -0.4 is 5.32 Å². The maximum atomic E-state index is 3.78. The SMILES string of the molecule is CCCNC(CC1CCCCC1)c1cccc(CC)c1. The minimum absolute atomic E-state index is 0.560. The van der Waals surface area contributed by atoms with Crippen molar-refractivity contribution >= 4 is 0 Å². The summed E-state index contributed by atoms with van der Waals surface area (Å²) >= 11 is 0. The lowest BCUT2D eigenvalue weighted by atomic mass is 9.83. The molecule has 112 valence electrons. The lowest BCUT2D eigenvalue weighted by Crippen LogP contribution is -2.25. The average molecular weight is 273 g/mol. The fourth-order valence-electron chi connectivity index (χ4n) is 3.44. The van der Waals surface area contributed by atoms with Crippen molar-refractivity contribution in [2.75, 3.05) is 6.54 Å². The molecule has 1 unspecified atom stereocenters. The molecule has 1 atom stereocenters. The third-order valence-electron chi connectivity index (χ3n) is 4.70. The second kappa shape index (κ2) is 8.46. The Morgan fingerprint density at radius 2 is 1.95 bits per heavy atom. The van der Waals surface area contributed by atoms with Gasteiger partial charge >= 0.3 is 0 Å². The van der Waals surface area contributed by atoms with Crippen molar-refractivity contribution in [1.29, 1.82) is 0 Å². The molecule has 1 fully saturated rings. The van der Waals surface area contributed by atoms with Crippen molar-refractivity contribution in [2.24, 2.45) is 5.92 Å². The molecule has 1 N–H and O–H groups in total. The van der Waals surface area contributed by atoms with Crippen LogP contribution in [0.25, 0.3) is 0 Å². The van der Waals surface area contributed by atoms with Gasteiger partial charge in [-0.1, -0.05) is 70.2 Å². The fourth-order valence-corrected chi connectivity index (χ4v) is 3.44. The number of rotatable bonds is 7. The van der Waals surface area contributed by atoms with Crippen molar-refractivity contribution in [3.8, 4) is 0 Å². The predicted molar refractivity (Wildman–Crippen MR) is 88.0 cm³/mol. The van der Waals surface area contributed by atoms with E-state index in [1.54, 1.807) is 0 Å². The number of hydrogen-bond donors (Lipinski definition) is 1. The molecule has 0 radical (unpaired) electrons. The zero-order valence-electron chi connectivity index (χ0n) is 13.3. The molecule has 20 heavy (non-hydrogen) atoms. The van der Waals surface area contributed by atoms with Gasteiger partial charge in [0.05, 0.1) is 0 Å². The molecule has 1 aliphatic carbocycles. The first kappa shape index (κ1) is 15.6. The molecular weight excluding hydrogens is 242 g/mol. The normalized spacial score (nSPS) is 18.1. The van der Waals surface area contributed by atoms with Crippen LogP contribution in [0.4, 0.5) is 0 Å². The quantitative estimate of drug-likeness (QED) is 0.714. The van der Waals surface area contributed by atoms with Crippen LogP contribution in [0.1, 0.15) is 76.0 Å². The monoisotopic (exact) mass is 273 g/mol. The van der Waals surface area contributed by atoms with Gasteiger partial charge in [-0.15, -0.1) is 0 Å². The Morgan fingerprint density at radius 1 is 1.15 bits per heavy atom. The lowest BCUT2D eigenvalue weighted by molar-refractivity contribution is 0.300. The van der Waals surface area contributed by atoms with Gasteiger partial charge in [0.15, 0.2) is 0 Å². The van der Waals surface area contributed by atoms with E-state index < -0.39 is 0 Å². The summed E-state index contributed by atoms with van der Waals surface area (Å²) in [7, 11) is 0. The Morgan fingerprint density at radius 3 is 2.65 bits per heavy atom. The van der Waals surface area contributed by atoms with Gasteiger partial charge in [-0.25, -0.2) is 0 Å². The van der Waals surface area contributed by atoms with E-state index in [9.17, 15) is 0 Å². The van der Waals surface area contributed by atoms with Crippen LogP contribution in [-0.4, -0.2) is 6.54 Å². The summed E-state index contributed by atoms with van der Waals surface area (Å²) in [5, 5.41) is 3.78. The van der Waals surface area contributed by atoms with E-state index in [-0.39, 0.29) is 0 Å². The Hall–Kier alpha value is -0.820. The summed E-state index contributed by atoms with van der Waals surface area (Å²) in [4.78, 5) is 0. The Bertz CT molecular complexity index is 379. The van der Waals surface area contributed by atoms with Crippen molar-refractivity contribution in [3.63, 3.8) is 0 Å². The Labute approximate surface area is 125 Å². The highest BCUT2D eigenvalue weighted by atomic mass is 14.9. The number of hydrogen-bond acceptors (Lipinski definition) is 1. The molecule has 1 aliphatic rings. The second-order valence-electron chi connectivity index (χ2n) is 6.35. The Balaban J connectivity index is 2.04. The summed E-state index contributed by atoms with van der Waals surface area (Å²) in [5.41, 5.74) is 2.97. The van der Waals surface area contributed by atoms with E-state index in [0.717, 1.165) is 18.9 Å². The minimum atomic E-state index is 0.560. The molecule has 1 nitrogen and oxygen atoms in total. The van der Waals surface area contributed by atoms with Gasteiger partial charge in [0.1, 0.15) is 0 Å². The fraction of sp³-hybridized carbons (Fsp3) is 0.684. The molecule has 1 aromatic carbocycles. The number of aryl methyl sites for hydroxylation is 1. The highest BCUT2D eigenvalue weighted by Gasteiger charge is 2.19. The lowest BCUT2D eigenvalue weighted by Gasteiger charge is -2.28. The summed E-state index contributed by atoms with van der Waals surface area (Å²) < 4.78 is 0. The summed E-state index contributed by atoms with van der Waals surface area (Å²) in [6.07, 6.45) is 10.9. The van der Waals surface area contributed by atoms with Crippen molar-refractivity contribution < 1.29 is 0 Å². The molecule has 0 amide bonds. The van der Waals surface area contributed by atoms with Crippen LogP contribution in [-0.2, 0) is 6.42 Å². The molecule has 0 aromatic heterocycles. The van der Waals surface area contributed by atoms with E-state index in [4.69, 9.17) is 0 Å². The summed E-state index contributed by atoms with van der Waals surface area (Å²) in [6, 6.07) is 9.77. The van der Waals surface area contributed by atoms with E-state index in [0.29, 0.717) is 6.04 Å². The highest BCUT2D eigenvalue weighted by Crippen LogP contribution is 2.32. The summed E-state index contributed by atoms with van der Waals surface area (Å²) in [5.74, 6) is 0.934. The van der Waals surface area contributed by atoms with Gasteiger partial charge in [-0.3, -0.25) is 0 Å². The van der Waals surface area contributed by atoms with Crippen molar-refractivity contribution in [2.45, 2.75) is 71.3 Å². The summed E-state index contributed by atoms with van der Waals surface area (Å²) in [6.45, 7) is 5.63. The van der Waals surface area contributed by atoms with Crippen LogP contribution >= 0.6 is 0 Å². The van der Waals surface area contributed by atoms with Crippen LogP contribution in [0.15, 0.2) is 24.3 Å². The van der Waals surface area contributed by atoms with Gasteiger partial charge in [0, 0.05) is 6.04 Å². The minimum Gasteiger partial charge on any atom is -0.310 e. The second-order valence-corrected chi connectivity index (χ2v) is 6.35. The van der Waals surface area contributed by atoms with Crippen molar-refractivity contribution in [1.82, 2.24) is 5.32 Å². The molecule has 0 bridgehead atoms. The van der Waals surface area contributed by atoms with Gasteiger partial charge in [0.25, 0.3) is 0 Å². The molecule has 0 heterocycles. The molecule has 1 saturated carbocycles. The largest absolute Gasteiger partial charge is 0.310 e. The van der Waals surface area contributed by atoms with Gasteiger partial charge in [-0.2, -0.15) is 0 Å². The van der Waals surface area contributed by atoms with E-state index in [1.165, 1.54) is 56.1 Å². The van der Waals surface area contributed by atoms with Crippen LogP contribution in [0.5, 0.6) is 0 Å². The highest BCUT2D eigenvalue weighted by molar-refractivity contribution is 5.26. The standard InChI is InChI=1S/C19H31N/c1-3-13-20-19(15-17-9-6-5-7-10-17)18-12-8-11-16(4-2)14-18/h8,11-12,14,17,19-20H,3-7,9-10,13,15H2,1-2H3. The first-order valence-electron chi connectivity index (χ1n) is 8.65. The van der Waals surface area contributed by atoms with Crippen LogP contribution in [0.3, 0.4) is 0 Å².